The monoisotopic (exact) mass is 534 g/mol. The molecule has 0 aromatic heterocycles. The van der Waals surface area contributed by atoms with E-state index in [1.165, 1.54) is 5.56 Å². The van der Waals surface area contributed by atoms with Crippen molar-refractivity contribution in [3.8, 4) is 28.7 Å². The third-order valence-corrected chi connectivity index (χ3v) is 7.23. The van der Waals surface area contributed by atoms with E-state index in [4.69, 9.17) is 23.7 Å². The van der Waals surface area contributed by atoms with Crippen molar-refractivity contribution in [3.05, 3.63) is 76.9 Å². The quantitative estimate of drug-likeness (QED) is 0.373. The molecule has 1 unspecified atom stereocenters. The van der Waals surface area contributed by atoms with E-state index in [2.05, 4.69) is 16.3 Å². The fourth-order valence-corrected chi connectivity index (χ4v) is 5.12. The highest BCUT2D eigenvalue weighted by atomic mass is 16.5. The van der Waals surface area contributed by atoms with Crippen molar-refractivity contribution in [3.63, 3.8) is 0 Å². The normalized spacial score (nSPS) is 14.7. The van der Waals surface area contributed by atoms with E-state index in [9.17, 15) is 4.79 Å². The molecule has 8 heteroatoms. The molecule has 39 heavy (non-hydrogen) atoms. The minimum Gasteiger partial charge on any atom is -0.497 e. The van der Waals surface area contributed by atoms with Crippen molar-refractivity contribution in [1.82, 2.24) is 10.2 Å². The topological polar surface area (TPSA) is 78.5 Å². The van der Waals surface area contributed by atoms with Crippen molar-refractivity contribution in [2.75, 3.05) is 55.2 Å². The predicted octanol–water partition coefficient (Wildman–Crippen LogP) is 4.23. The van der Waals surface area contributed by atoms with Crippen LogP contribution < -0.4 is 29.0 Å². The van der Waals surface area contributed by atoms with Gasteiger partial charge >= 0.3 is 0 Å². The maximum atomic E-state index is 13.1. The molecule has 3 aromatic carbocycles. The van der Waals surface area contributed by atoms with E-state index in [-0.39, 0.29) is 11.9 Å². The maximum absolute atomic E-state index is 13.1. The number of ether oxygens (including phenoxy) is 5. The molecule has 4 rings (SSSR count). The highest BCUT2D eigenvalue weighted by Crippen LogP contribution is 2.40. The summed E-state index contributed by atoms with van der Waals surface area (Å²) in [4.78, 5) is 15.3. The van der Waals surface area contributed by atoms with Gasteiger partial charge in [-0.25, -0.2) is 0 Å². The molecular formula is C31H38N2O6. The summed E-state index contributed by atoms with van der Waals surface area (Å²) in [7, 11) is 8.21. The average molecular weight is 535 g/mol. The maximum Gasteiger partial charge on any atom is 0.234 e. The smallest absolute Gasteiger partial charge is 0.234 e. The fraction of sp³-hybridized carbons (Fsp3) is 0.387. The number of methoxy groups -OCH3 is 5. The van der Waals surface area contributed by atoms with Crippen molar-refractivity contribution in [2.24, 2.45) is 0 Å². The lowest BCUT2D eigenvalue weighted by molar-refractivity contribution is -0.122. The summed E-state index contributed by atoms with van der Waals surface area (Å²) in [5.41, 5.74) is 4.58. The summed E-state index contributed by atoms with van der Waals surface area (Å²) >= 11 is 0. The molecule has 1 aliphatic heterocycles. The second kappa shape index (κ2) is 13.2. The number of amides is 1. The number of nitrogens with zero attached hydrogens (tertiary/aromatic N) is 1. The highest BCUT2D eigenvalue weighted by Gasteiger charge is 2.30. The van der Waals surface area contributed by atoms with Gasteiger partial charge in [0.2, 0.25) is 5.91 Å². The van der Waals surface area contributed by atoms with Crippen LogP contribution in [-0.4, -0.2) is 66.0 Å². The summed E-state index contributed by atoms with van der Waals surface area (Å²) < 4.78 is 27.4. The lowest BCUT2D eigenvalue weighted by atomic mass is 9.88. The van der Waals surface area contributed by atoms with Crippen LogP contribution in [0.4, 0.5) is 0 Å². The number of hydrogen-bond donors (Lipinski definition) is 1. The van der Waals surface area contributed by atoms with E-state index in [0.29, 0.717) is 42.5 Å². The number of hydrogen-bond acceptors (Lipinski definition) is 7. The minimum atomic E-state index is -0.0287. The molecule has 208 valence electrons. The van der Waals surface area contributed by atoms with Gasteiger partial charge in [0.05, 0.1) is 42.1 Å². The summed E-state index contributed by atoms with van der Waals surface area (Å²) in [6.45, 7) is 1.63. The zero-order valence-electron chi connectivity index (χ0n) is 23.4. The first kappa shape index (κ1) is 28.1. The predicted molar refractivity (Wildman–Crippen MR) is 151 cm³/mol. The number of benzene rings is 3. The Balaban J connectivity index is 1.52. The van der Waals surface area contributed by atoms with Crippen LogP contribution in [-0.2, 0) is 24.1 Å². The van der Waals surface area contributed by atoms with Gasteiger partial charge in [-0.15, -0.1) is 0 Å². The Bertz CT molecular complexity index is 1260. The molecule has 3 aromatic rings. The lowest BCUT2D eigenvalue weighted by Crippen LogP contribution is -2.43. The standard InChI is InChI=1S/C31H38N2O6/c1-35-24-9-6-21(7-10-24)12-14-32-31(34)20-33-15-13-23-18-29(38-4)30(39-5)19-25(23)26(33)16-22-8-11-27(36-2)28(17-22)37-3/h6-11,17-19,26H,12-16,20H2,1-5H3,(H,32,34). The Kier molecular flexibility index (Phi) is 9.54. The van der Waals surface area contributed by atoms with E-state index < -0.39 is 0 Å². The lowest BCUT2D eigenvalue weighted by Gasteiger charge is -2.37. The molecule has 0 fully saturated rings. The van der Waals surface area contributed by atoms with Crippen molar-refractivity contribution < 1.29 is 28.5 Å². The van der Waals surface area contributed by atoms with Gasteiger partial charge in [-0.3, -0.25) is 9.69 Å². The van der Waals surface area contributed by atoms with E-state index in [1.807, 2.05) is 48.5 Å². The number of carbonyl (C=O) groups is 1. The summed E-state index contributed by atoms with van der Waals surface area (Å²) in [5, 5.41) is 3.10. The second-order valence-corrected chi connectivity index (χ2v) is 9.48. The van der Waals surface area contributed by atoms with Crippen LogP contribution in [0.2, 0.25) is 0 Å². The molecule has 1 amide bonds. The van der Waals surface area contributed by atoms with Gasteiger partial charge in [0, 0.05) is 19.1 Å². The SMILES string of the molecule is COc1ccc(CCNC(=O)CN2CCc3cc(OC)c(OC)cc3C2Cc2ccc(OC)c(OC)c2)cc1. The molecule has 0 radical (unpaired) electrons. The molecule has 8 nitrogen and oxygen atoms in total. The molecule has 0 aliphatic carbocycles. The molecule has 0 spiro atoms. The average Bonchev–Trinajstić information content (AvgIpc) is 2.97. The second-order valence-electron chi connectivity index (χ2n) is 9.48. The molecule has 0 saturated heterocycles. The first-order chi connectivity index (χ1) is 19.0. The Morgan fingerprint density at radius 1 is 0.795 bits per heavy atom. The molecule has 1 heterocycles. The number of rotatable bonds is 12. The zero-order valence-corrected chi connectivity index (χ0v) is 23.4. The number of fused-ring (bicyclic) bond motifs is 1. The van der Waals surface area contributed by atoms with Gasteiger partial charge in [-0.1, -0.05) is 18.2 Å². The largest absolute Gasteiger partial charge is 0.497 e. The Labute approximate surface area is 230 Å². The number of carbonyl (C=O) groups excluding carboxylic acids is 1. The van der Waals surface area contributed by atoms with Crippen LogP contribution in [0.15, 0.2) is 54.6 Å². The Morgan fingerprint density at radius 3 is 2.10 bits per heavy atom. The Morgan fingerprint density at radius 2 is 1.44 bits per heavy atom. The van der Waals surface area contributed by atoms with Gasteiger partial charge in [-0.05, 0) is 77.9 Å². The third kappa shape index (κ3) is 6.75. The molecule has 0 bridgehead atoms. The van der Waals surface area contributed by atoms with Crippen LogP contribution in [0.5, 0.6) is 28.7 Å². The van der Waals surface area contributed by atoms with Crippen molar-refractivity contribution in [2.45, 2.75) is 25.3 Å². The van der Waals surface area contributed by atoms with Crippen LogP contribution in [0.25, 0.3) is 0 Å². The van der Waals surface area contributed by atoms with Crippen LogP contribution >= 0.6 is 0 Å². The highest BCUT2D eigenvalue weighted by molar-refractivity contribution is 5.78. The van der Waals surface area contributed by atoms with Gasteiger partial charge in [0.1, 0.15) is 5.75 Å². The van der Waals surface area contributed by atoms with Gasteiger partial charge < -0.3 is 29.0 Å². The molecule has 0 saturated carbocycles. The van der Waals surface area contributed by atoms with Crippen molar-refractivity contribution in [1.29, 1.82) is 0 Å². The molecule has 1 N–H and O–H groups in total. The summed E-state index contributed by atoms with van der Waals surface area (Å²) in [6, 6.07) is 18.0. The third-order valence-electron chi connectivity index (χ3n) is 7.23. The van der Waals surface area contributed by atoms with Crippen LogP contribution in [0, 0.1) is 0 Å². The van der Waals surface area contributed by atoms with E-state index >= 15 is 0 Å². The summed E-state index contributed by atoms with van der Waals surface area (Å²) in [6.07, 6.45) is 2.27. The van der Waals surface area contributed by atoms with Gasteiger partial charge in [-0.2, -0.15) is 0 Å². The van der Waals surface area contributed by atoms with E-state index in [0.717, 1.165) is 41.8 Å². The van der Waals surface area contributed by atoms with Crippen molar-refractivity contribution >= 4 is 5.91 Å². The molecular weight excluding hydrogens is 496 g/mol. The van der Waals surface area contributed by atoms with Crippen LogP contribution in [0.3, 0.4) is 0 Å². The van der Waals surface area contributed by atoms with Gasteiger partial charge in [0.15, 0.2) is 23.0 Å². The number of nitrogens with one attached hydrogen (secondary N) is 1. The van der Waals surface area contributed by atoms with Gasteiger partial charge in [0.25, 0.3) is 0 Å². The first-order valence-electron chi connectivity index (χ1n) is 13.1. The summed E-state index contributed by atoms with van der Waals surface area (Å²) in [5.74, 6) is 3.59. The first-order valence-corrected chi connectivity index (χ1v) is 13.1. The van der Waals surface area contributed by atoms with E-state index in [1.54, 1.807) is 35.5 Å². The molecule has 1 aliphatic rings. The van der Waals surface area contributed by atoms with Crippen LogP contribution in [0.1, 0.15) is 28.3 Å². The Hall–Kier alpha value is -3.91. The molecule has 1 atom stereocenters. The minimum absolute atomic E-state index is 0.00440. The zero-order chi connectivity index (χ0) is 27.8. The fourth-order valence-electron chi connectivity index (χ4n) is 5.12.